The average Bonchev–Trinajstić information content (AvgIpc) is 2.47. The van der Waals surface area contributed by atoms with E-state index < -0.39 is 0 Å². The van der Waals surface area contributed by atoms with Crippen LogP contribution < -0.4 is 5.32 Å². The highest BCUT2D eigenvalue weighted by Gasteiger charge is 2.29. The molecule has 1 fully saturated rings. The summed E-state index contributed by atoms with van der Waals surface area (Å²) in [6, 6.07) is 6.60. The zero-order chi connectivity index (χ0) is 14.5. The fraction of sp³-hybridized carbons (Fsp3) is 0.647. The Hall–Kier alpha value is -0.0500. The number of nitrogens with one attached hydrogen (secondary N) is 1. The molecule has 112 valence electrons. The van der Waals surface area contributed by atoms with Gasteiger partial charge in [-0.15, -0.1) is 0 Å². The molecule has 1 aromatic rings. The highest BCUT2D eigenvalue weighted by molar-refractivity contribution is 9.10. The molecule has 0 heterocycles. The van der Waals surface area contributed by atoms with Gasteiger partial charge in [0, 0.05) is 15.5 Å². The maximum Gasteiger partial charge on any atom is 0.0454 e. The van der Waals surface area contributed by atoms with E-state index in [4.69, 9.17) is 11.6 Å². The van der Waals surface area contributed by atoms with Crippen molar-refractivity contribution >= 4 is 27.5 Å². The van der Waals surface area contributed by atoms with Gasteiger partial charge in [-0.25, -0.2) is 0 Å². The molecule has 1 aliphatic carbocycles. The van der Waals surface area contributed by atoms with Gasteiger partial charge < -0.3 is 5.32 Å². The van der Waals surface area contributed by atoms with Crippen LogP contribution in [0.5, 0.6) is 0 Å². The summed E-state index contributed by atoms with van der Waals surface area (Å²) >= 11 is 10.0. The van der Waals surface area contributed by atoms with Gasteiger partial charge in [-0.05, 0) is 55.0 Å². The Labute approximate surface area is 136 Å². The van der Waals surface area contributed by atoms with Crippen LogP contribution >= 0.6 is 27.5 Å². The summed E-state index contributed by atoms with van der Waals surface area (Å²) in [6.07, 6.45) is 6.71. The molecule has 0 spiro atoms. The van der Waals surface area contributed by atoms with Crippen LogP contribution in [-0.2, 0) is 0 Å². The molecule has 3 atom stereocenters. The first-order valence-corrected chi connectivity index (χ1v) is 9.01. The monoisotopic (exact) mass is 357 g/mol. The van der Waals surface area contributed by atoms with Crippen molar-refractivity contribution in [3.05, 3.63) is 33.3 Å². The summed E-state index contributed by atoms with van der Waals surface area (Å²) in [5.41, 5.74) is 1.25. The van der Waals surface area contributed by atoms with Crippen molar-refractivity contribution in [3.63, 3.8) is 0 Å². The van der Waals surface area contributed by atoms with Gasteiger partial charge in [-0.3, -0.25) is 0 Å². The molecule has 2 rings (SSSR count). The normalized spacial score (nSPS) is 24.6. The smallest absolute Gasteiger partial charge is 0.0454 e. The molecule has 0 aromatic heterocycles. The minimum atomic E-state index is 0.388. The molecule has 1 saturated carbocycles. The first-order valence-electron chi connectivity index (χ1n) is 7.84. The van der Waals surface area contributed by atoms with Crippen molar-refractivity contribution < 1.29 is 0 Å². The Morgan fingerprint density at radius 2 is 2.15 bits per heavy atom. The molecule has 1 N–H and O–H groups in total. The van der Waals surface area contributed by atoms with Gasteiger partial charge in [0.15, 0.2) is 0 Å². The predicted molar refractivity (Wildman–Crippen MR) is 91.3 cm³/mol. The summed E-state index contributed by atoms with van der Waals surface area (Å²) in [5.74, 6) is 1.60. The lowest BCUT2D eigenvalue weighted by molar-refractivity contribution is 0.210. The molecule has 3 unspecified atom stereocenters. The summed E-state index contributed by atoms with van der Waals surface area (Å²) < 4.78 is 1.11. The zero-order valence-electron chi connectivity index (χ0n) is 12.5. The van der Waals surface area contributed by atoms with Crippen LogP contribution in [0.1, 0.15) is 57.6 Å². The Bertz CT molecular complexity index is 435. The van der Waals surface area contributed by atoms with Crippen LogP contribution in [0.3, 0.4) is 0 Å². The van der Waals surface area contributed by atoms with E-state index in [0.29, 0.717) is 12.0 Å². The number of halogens is 2. The topological polar surface area (TPSA) is 12.0 Å². The molecule has 0 aliphatic heterocycles. The molecule has 0 amide bonds. The van der Waals surface area contributed by atoms with Crippen molar-refractivity contribution in [2.45, 2.75) is 52.0 Å². The van der Waals surface area contributed by atoms with Gasteiger partial charge in [0.25, 0.3) is 0 Å². The average molecular weight is 359 g/mol. The third kappa shape index (κ3) is 3.99. The SMILES string of the molecule is CCNC(c1cc(Br)ccc1Cl)C1CCCC(CC)C1. The first-order chi connectivity index (χ1) is 9.65. The summed E-state index contributed by atoms with van der Waals surface area (Å²) in [7, 11) is 0. The molecule has 0 bridgehead atoms. The second-order valence-corrected chi connectivity index (χ2v) is 7.23. The van der Waals surface area contributed by atoms with Crippen LogP contribution in [0.25, 0.3) is 0 Å². The molecule has 3 heteroatoms. The first kappa shape index (κ1) is 16.3. The number of benzene rings is 1. The quantitative estimate of drug-likeness (QED) is 0.683. The summed E-state index contributed by atoms with van der Waals surface area (Å²) in [6.45, 7) is 5.49. The van der Waals surface area contributed by atoms with Gasteiger partial charge in [-0.1, -0.05) is 60.6 Å². The second-order valence-electron chi connectivity index (χ2n) is 5.90. The number of hydrogen-bond acceptors (Lipinski definition) is 1. The fourth-order valence-electron chi connectivity index (χ4n) is 3.51. The van der Waals surface area contributed by atoms with Gasteiger partial charge in [0.2, 0.25) is 0 Å². The van der Waals surface area contributed by atoms with Crippen LogP contribution in [0, 0.1) is 11.8 Å². The Kier molecular flexibility index (Phi) is 6.38. The van der Waals surface area contributed by atoms with Crippen molar-refractivity contribution in [3.8, 4) is 0 Å². The van der Waals surface area contributed by atoms with E-state index in [1.165, 1.54) is 37.7 Å². The molecular formula is C17H25BrClN. The number of hydrogen-bond donors (Lipinski definition) is 1. The van der Waals surface area contributed by atoms with E-state index in [0.717, 1.165) is 22.0 Å². The highest BCUT2D eigenvalue weighted by atomic mass is 79.9. The molecule has 0 radical (unpaired) electrons. The van der Waals surface area contributed by atoms with Gasteiger partial charge in [0.1, 0.15) is 0 Å². The van der Waals surface area contributed by atoms with Crippen LogP contribution in [0.2, 0.25) is 5.02 Å². The largest absolute Gasteiger partial charge is 0.310 e. The lowest BCUT2D eigenvalue weighted by Gasteiger charge is -2.35. The second kappa shape index (κ2) is 7.82. The van der Waals surface area contributed by atoms with Gasteiger partial charge >= 0.3 is 0 Å². The maximum absolute atomic E-state index is 6.46. The van der Waals surface area contributed by atoms with Crippen LogP contribution in [0.15, 0.2) is 22.7 Å². The van der Waals surface area contributed by atoms with Crippen molar-refractivity contribution in [1.29, 1.82) is 0 Å². The Morgan fingerprint density at radius 3 is 2.85 bits per heavy atom. The zero-order valence-corrected chi connectivity index (χ0v) is 14.8. The molecule has 1 aromatic carbocycles. The van der Waals surface area contributed by atoms with Gasteiger partial charge in [0.05, 0.1) is 0 Å². The molecular weight excluding hydrogens is 334 g/mol. The third-order valence-corrected chi connectivity index (χ3v) is 5.43. The summed E-state index contributed by atoms with van der Waals surface area (Å²) in [4.78, 5) is 0. The van der Waals surface area contributed by atoms with E-state index in [9.17, 15) is 0 Å². The van der Waals surface area contributed by atoms with E-state index in [2.05, 4.69) is 41.2 Å². The number of rotatable bonds is 5. The van der Waals surface area contributed by atoms with Crippen molar-refractivity contribution in [2.24, 2.45) is 11.8 Å². The van der Waals surface area contributed by atoms with Crippen molar-refractivity contribution in [2.75, 3.05) is 6.54 Å². The lowest BCUT2D eigenvalue weighted by Crippen LogP contribution is -2.31. The fourth-order valence-corrected chi connectivity index (χ4v) is 4.12. The van der Waals surface area contributed by atoms with E-state index in [1.54, 1.807) is 0 Å². The lowest BCUT2D eigenvalue weighted by atomic mass is 9.75. The third-order valence-electron chi connectivity index (χ3n) is 4.59. The van der Waals surface area contributed by atoms with Crippen LogP contribution in [0.4, 0.5) is 0 Å². The van der Waals surface area contributed by atoms with Crippen LogP contribution in [-0.4, -0.2) is 6.54 Å². The minimum Gasteiger partial charge on any atom is -0.310 e. The molecule has 1 nitrogen and oxygen atoms in total. The van der Waals surface area contributed by atoms with Gasteiger partial charge in [-0.2, -0.15) is 0 Å². The standard InChI is InChI=1S/C17H25BrClN/c1-3-12-6-5-7-13(10-12)17(20-4-2)15-11-14(18)8-9-16(15)19/h8-9,11-13,17,20H,3-7,10H2,1-2H3. The van der Waals surface area contributed by atoms with E-state index in [1.807, 2.05) is 12.1 Å². The Balaban J connectivity index is 2.23. The highest BCUT2D eigenvalue weighted by Crippen LogP contribution is 2.40. The minimum absolute atomic E-state index is 0.388. The molecule has 1 aliphatic rings. The maximum atomic E-state index is 6.46. The predicted octanol–water partition coefficient (Wildman–Crippen LogP) is 5.97. The van der Waals surface area contributed by atoms with E-state index in [-0.39, 0.29) is 0 Å². The molecule has 0 saturated heterocycles. The summed E-state index contributed by atoms with van der Waals surface area (Å²) in [5, 5.41) is 4.56. The molecule has 20 heavy (non-hydrogen) atoms. The van der Waals surface area contributed by atoms with Crippen molar-refractivity contribution in [1.82, 2.24) is 5.32 Å². The van der Waals surface area contributed by atoms with E-state index >= 15 is 0 Å². The Morgan fingerprint density at radius 1 is 1.35 bits per heavy atom.